The fourth-order valence-corrected chi connectivity index (χ4v) is 5.60. The lowest BCUT2D eigenvalue weighted by atomic mass is 10.1. The number of ether oxygens (including phenoxy) is 1. The number of rotatable bonds is 12. The highest BCUT2D eigenvalue weighted by atomic mass is 32.2. The number of hydrogen-bond acceptors (Lipinski definition) is 5. The maximum absolute atomic E-state index is 13.8. The van der Waals surface area contributed by atoms with E-state index in [1.807, 2.05) is 45.0 Å². The molecule has 9 heteroatoms. The Balaban J connectivity index is 1.91. The third kappa shape index (κ3) is 7.71. The first-order chi connectivity index (χ1) is 17.6. The predicted molar refractivity (Wildman–Crippen MR) is 146 cm³/mol. The van der Waals surface area contributed by atoms with Crippen molar-refractivity contribution < 1.29 is 22.7 Å². The molecule has 1 N–H and O–H groups in total. The molecule has 0 radical (unpaired) electrons. The summed E-state index contributed by atoms with van der Waals surface area (Å²) in [6, 6.07) is 13.7. The largest absolute Gasteiger partial charge is 0.494 e. The highest BCUT2D eigenvalue weighted by Gasteiger charge is 2.33. The molecule has 0 saturated heterocycles. The maximum Gasteiger partial charge on any atom is 0.244 e. The van der Waals surface area contributed by atoms with E-state index in [1.165, 1.54) is 4.90 Å². The zero-order valence-corrected chi connectivity index (χ0v) is 23.1. The smallest absolute Gasteiger partial charge is 0.244 e. The number of benzene rings is 2. The molecule has 1 saturated carbocycles. The van der Waals surface area contributed by atoms with Crippen molar-refractivity contribution in [1.82, 2.24) is 10.2 Å². The van der Waals surface area contributed by atoms with E-state index in [1.54, 1.807) is 24.3 Å². The second-order valence-corrected chi connectivity index (χ2v) is 11.5. The lowest BCUT2D eigenvalue weighted by Gasteiger charge is -2.33. The highest BCUT2D eigenvalue weighted by Crippen LogP contribution is 2.24. The van der Waals surface area contributed by atoms with Crippen LogP contribution in [0.15, 0.2) is 48.5 Å². The average molecular weight is 530 g/mol. The Morgan fingerprint density at radius 1 is 1.05 bits per heavy atom. The fourth-order valence-electron chi connectivity index (χ4n) is 4.75. The van der Waals surface area contributed by atoms with Gasteiger partial charge in [-0.15, -0.1) is 0 Å². The van der Waals surface area contributed by atoms with Gasteiger partial charge in [0.25, 0.3) is 0 Å². The summed E-state index contributed by atoms with van der Waals surface area (Å²) < 4.78 is 32.1. The van der Waals surface area contributed by atoms with Crippen LogP contribution < -0.4 is 14.4 Å². The molecule has 2 aromatic carbocycles. The molecule has 0 bridgehead atoms. The van der Waals surface area contributed by atoms with E-state index in [0.29, 0.717) is 24.5 Å². The van der Waals surface area contributed by atoms with Crippen LogP contribution in [0.25, 0.3) is 0 Å². The van der Waals surface area contributed by atoms with E-state index in [9.17, 15) is 18.0 Å². The molecule has 1 fully saturated rings. The number of amides is 2. The standard InChI is InChI=1S/C28H39N3O5S/c1-5-26(28(33)29-23-13-9-10-14-23)30(19-22-12-8-7-11-21(22)3)27(32)20-31(37(4,34)35)24-15-17-25(18-16-24)36-6-2/h7-8,11-12,15-18,23,26H,5-6,9-10,13-14,19-20H2,1-4H3,(H,29,33)/t26-/m0/s1. The van der Waals surface area contributed by atoms with Gasteiger partial charge >= 0.3 is 0 Å². The van der Waals surface area contributed by atoms with Gasteiger partial charge in [-0.1, -0.05) is 44.0 Å². The first-order valence-corrected chi connectivity index (χ1v) is 14.8. The van der Waals surface area contributed by atoms with Gasteiger partial charge in [-0.2, -0.15) is 0 Å². The molecule has 202 valence electrons. The molecule has 2 amide bonds. The first kappa shape index (κ1) is 28.5. The van der Waals surface area contributed by atoms with Crippen LogP contribution in [0.4, 0.5) is 5.69 Å². The van der Waals surface area contributed by atoms with E-state index in [-0.39, 0.29) is 18.5 Å². The van der Waals surface area contributed by atoms with Crippen molar-refractivity contribution in [1.29, 1.82) is 0 Å². The average Bonchev–Trinajstić information content (AvgIpc) is 3.36. The van der Waals surface area contributed by atoms with Crippen LogP contribution in [-0.2, 0) is 26.2 Å². The molecule has 37 heavy (non-hydrogen) atoms. The summed E-state index contributed by atoms with van der Waals surface area (Å²) in [5.41, 5.74) is 2.27. The van der Waals surface area contributed by atoms with Crippen LogP contribution in [0.5, 0.6) is 5.75 Å². The predicted octanol–water partition coefficient (Wildman–Crippen LogP) is 4.03. The second kappa shape index (κ2) is 12.9. The molecule has 3 rings (SSSR count). The van der Waals surface area contributed by atoms with Gasteiger partial charge in [-0.3, -0.25) is 13.9 Å². The van der Waals surface area contributed by atoms with Crippen LogP contribution in [0, 0.1) is 6.92 Å². The normalized spacial score (nSPS) is 14.7. The lowest BCUT2D eigenvalue weighted by molar-refractivity contribution is -0.140. The Kier molecular flexibility index (Phi) is 9.97. The highest BCUT2D eigenvalue weighted by molar-refractivity contribution is 7.92. The van der Waals surface area contributed by atoms with Crippen LogP contribution in [0.2, 0.25) is 0 Å². The minimum atomic E-state index is -3.78. The summed E-state index contributed by atoms with van der Waals surface area (Å²) in [6.07, 6.45) is 5.53. The van der Waals surface area contributed by atoms with Crippen molar-refractivity contribution in [2.45, 2.75) is 71.5 Å². The summed E-state index contributed by atoms with van der Waals surface area (Å²) in [4.78, 5) is 28.7. The summed E-state index contributed by atoms with van der Waals surface area (Å²) >= 11 is 0. The molecule has 2 aromatic rings. The van der Waals surface area contributed by atoms with Gasteiger partial charge in [0.2, 0.25) is 21.8 Å². The molecule has 0 aromatic heterocycles. The molecule has 0 heterocycles. The monoisotopic (exact) mass is 529 g/mol. The van der Waals surface area contributed by atoms with E-state index in [2.05, 4.69) is 5.32 Å². The third-order valence-corrected chi connectivity index (χ3v) is 7.94. The van der Waals surface area contributed by atoms with E-state index in [0.717, 1.165) is 47.4 Å². The molecule has 1 atom stereocenters. The van der Waals surface area contributed by atoms with E-state index < -0.39 is 28.5 Å². The second-order valence-electron chi connectivity index (χ2n) is 9.56. The van der Waals surface area contributed by atoms with Gasteiger partial charge in [0.15, 0.2) is 0 Å². The molecule has 0 aliphatic heterocycles. The van der Waals surface area contributed by atoms with Crippen molar-refractivity contribution in [3.05, 3.63) is 59.7 Å². The Bertz CT molecular complexity index is 1160. The first-order valence-electron chi connectivity index (χ1n) is 13.0. The lowest BCUT2D eigenvalue weighted by Crippen LogP contribution is -2.53. The van der Waals surface area contributed by atoms with Crippen LogP contribution in [-0.4, -0.2) is 56.6 Å². The third-order valence-electron chi connectivity index (χ3n) is 6.80. The Labute approximate surface area is 221 Å². The van der Waals surface area contributed by atoms with Crippen molar-refractivity contribution >= 4 is 27.5 Å². The number of carbonyl (C=O) groups is 2. The van der Waals surface area contributed by atoms with Gasteiger partial charge in [-0.25, -0.2) is 8.42 Å². The van der Waals surface area contributed by atoms with Crippen molar-refractivity contribution in [2.24, 2.45) is 0 Å². The molecule has 0 unspecified atom stereocenters. The molecular weight excluding hydrogens is 490 g/mol. The van der Waals surface area contributed by atoms with Crippen molar-refractivity contribution in [2.75, 3.05) is 23.7 Å². The number of aryl methyl sites for hydroxylation is 1. The zero-order chi connectivity index (χ0) is 27.0. The fraction of sp³-hybridized carbons (Fsp3) is 0.500. The number of sulfonamides is 1. The van der Waals surface area contributed by atoms with E-state index >= 15 is 0 Å². The number of nitrogens with one attached hydrogen (secondary N) is 1. The molecule has 8 nitrogen and oxygen atoms in total. The quantitative estimate of drug-likeness (QED) is 0.448. The molecule has 1 aliphatic rings. The molecule has 1 aliphatic carbocycles. The Morgan fingerprint density at radius 2 is 1.70 bits per heavy atom. The Morgan fingerprint density at radius 3 is 2.27 bits per heavy atom. The van der Waals surface area contributed by atoms with Gasteiger partial charge in [0, 0.05) is 12.6 Å². The van der Waals surface area contributed by atoms with Gasteiger partial charge in [-0.05, 0) is 68.5 Å². The zero-order valence-electron chi connectivity index (χ0n) is 22.3. The van der Waals surface area contributed by atoms with Gasteiger partial charge in [0.05, 0.1) is 18.6 Å². The van der Waals surface area contributed by atoms with Crippen LogP contribution >= 0.6 is 0 Å². The number of nitrogens with zero attached hydrogens (tertiary/aromatic N) is 2. The summed E-state index contributed by atoms with van der Waals surface area (Å²) in [7, 11) is -3.78. The number of hydrogen-bond donors (Lipinski definition) is 1. The van der Waals surface area contributed by atoms with E-state index in [4.69, 9.17) is 4.74 Å². The van der Waals surface area contributed by atoms with Crippen LogP contribution in [0.3, 0.4) is 0 Å². The van der Waals surface area contributed by atoms with Crippen LogP contribution in [0.1, 0.15) is 57.1 Å². The molecular formula is C28H39N3O5S. The summed E-state index contributed by atoms with van der Waals surface area (Å²) in [6.45, 7) is 5.99. The maximum atomic E-state index is 13.8. The molecule has 0 spiro atoms. The van der Waals surface area contributed by atoms with Crippen molar-refractivity contribution in [3.63, 3.8) is 0 Å². The summed E-state index contributed by atoms with van der Waals surface area (Å²) in [5.74, 6) is -0.0128. The topological polar surface area (TPSA) is 96.0 Å². The van der Waals surface area contributed by atoms with Crippen molar-refractivity contribution in [3.8, 4) is 5.75 Å². The number of carbonyl (C=O) groups excluding carboxylic acids is 2. The minimum absolute atomic E-state index is 0.119. The van der Waals surface area contributed by atoms with Gasteiger partial charge in [0.1, 0.15) is 18.3 Å². The minimum Gasteiger partial charge on any atom is -0.494 e. The van der Waals surface area contributed by atoms with Gasteiger partial charge < -0.3 is 15.0 Å². The Hall–Kier alpha value is -3.07. The summed E-state index contributed by atoms with van der Waals surface area (Å²) in [5, 5.41) is 3.12. The SMILES string of the molecule is CCOc1ccc(N(CC(=O)N(Cc2ccccc2C)[C@@H](CC)C(=O)NC2CCCC2)S(C)(=O)=O)cc1. The number of anilines is 1.